The average Bonchev–Trinajstić information content (AvgIpc) is 2.46. The summed E-state index contributed by atoms with van der Waals surface area (Å²) >= 11 is 5.82. The smallest absolute Gasteiger partial charge is 0.129 e. The number of fused-ring (bicyclic) bond motifs is 1. The highest BCUT2D eigenvalue weighted by Crippen LogP contribution is 2.45. The van der Waals surface area contributed by atoms with Crippen LogP contribution in [-0.4, -0.2) is 0 Å². The van der Waals surface area contributed by atoms with Crippen molar-refractivity contribution in [3.63, 3.8) is 0 Å². The Labute approximate surface area is 125 Å². The van der Waals surface area contributed by atoms with Gasteiger partial charge in [0.1, 0.15) is 5.82 Å². The first-order valence-corrected chi connectivity index (χ1v) is 8.23. The van der Waals surface area contributed by atoms with Crippen molar-refractivity contribution in [2.45, 2.75) is 51.0 Å². The largest absolute Gasteiger partial charge is 0.324 e. The van der Waals surface area contributed by atoms with E-state index in [4.69, 9.17) is 17.3 Å². The number of nitrogens with two attached hydrogens (primary N) is 1. The highest BCUT2D eigenvalue weighted by Gasteiger charge is 2.35. The van der Waals surface area contributed by atoms with Crippen LogP contribution in [0.25, 0.3) is 0 Å². The van der Waals surface area contributed by atoms with Gasteiger partial charge in [-0.15, -0.1) is 0 Å². The lowest BCUT2D eigenvalue weighted by molar-refractivity contribution is 0.116. The van der Waals surface area contributed by atoms with Crippen LogP contribution in [0.2, 0.25) is 5.02 Å². The van der Waals surface area contributed by atoms with Crippen molar-refractivity contribution in [2.24, 2.45) is 23.5 Å². The van der Waals surface area contributed by atoms with Gasteiger partial charge in [-0.05, 0) is 49.1 Å². The maximum Gasteiger partial charge on any atom is 0.129 e. The standard InChI is InChI=1S/C17H23ClFN/c18-14-7-8-15(16(19)10-14)17(20)13-6-5-11-3-1-2-4-12(11)9-13/h7-8,10-13,17H,1-6,9,20H2. The van der Waals surface area contributed by atoms with E-state index < -0.39 is 0 Å². The summed E-state index contributed by atoms with van der Waals surface area (Å²) in [4.78, 5) is 0. The zero-order chi connectivity index (χ0) is 14.1. The molecule has 0 aliphatic heterocycles. The first-order valence-electron chi connectivity index (χ1n) is 7.85. The summed E-state index contributed by atoms with van der Waals surface area (Å²) in [6.07, 6.45) is 9.08. The molecular formula is C17H23ClFN. The zero-order valence-electron chi connectivity index (χ0n) is 11.8. The molecule has 0 bridgehead atoms. The number of halogens is 2. The Morgan fingerprint density at radius 2 is 1.85 bits per heavy atom. The van der Waals surface area contributed by atoms with E-state index in [0.29, 0.717) is 16.5 Å². The molecule has 0 heterocycles. The molecule has 2 aliphatic rings. The van der Waals surface area contributed by atoms with E-state index in [1.165, 1.54) is 44.6 Å². The minimum Gasteiger partial charge on any atom is -0.324 e. The number of rotatable bonds is 2. The van der Waals surface area contributed by atoms with Gasteiger partial charge < -0.3 is 5.73 Å². The predicted molar refractivity (Wildman–Crippen MR) is 81.1 cm³/mol. The Morgan fingerprint density at radius 1 is 1.10 bits per heavy atom. The molecule has 0 aromatic heterocycles. The second-order valence-corrected chi connectivity index (χ2v) is 7.01. The minimum atomic E-state index is -0.254. The van der Waals surface area contributed by atoms with Crippen LogP contribution in [0.1, 0.15) is 56.6 Å². The Hall–Kier alpha value is -0.600. The summed E-state index contributed by atoms with van der Waals surface area (Å²) in [6, 6.07) is 4.69. The first kappa shape index (κ1) is 14.3. The first-order chi connectivity index (χ1) is 9.65. The molecule has 2 fully saturated rings. The average molecular weight is 296 g/mol. The van der Waals surface area contributed by atoms with Gasteiger partial charge in [-0.2, -0.15) is 0 Å². The molecule has 0 radical (unpaired) electrons. The molecule has 2 aliphatic carbocycles. The van der Waals surface area contributed by atoms with Gasteiger partial charge in [0.05, 0.1) is 0 Å². The van der Waals surface area contributed by atoms with E-state index in [0.717, 1.165) is 18.3 Å². The summed E-state index contributed by atoms with van der Waals surface area (Å²) < 4.78 is 14.0. The molecule has 0 saturated heterocycles. The lowest BCUT2D eigenvalue weighted by atomic mass is 9.65. The van der Waals surface area contributed by atoms with E-state index in [-0.39, 0.29) is 11.9 Å². The highest BCUT2D eigenvalue weighted by molar-refractivity contribution is 6.30. The van der Waals surface area contributed by atoms with Gasteiger partial charge in [0.25, 0.3) is 0 Å². The van der Waals surface area contributed by atoms with Gasteiger partial charge in [-0.3, -0.25) is 0 Å². The van der Waals surface area contributed by atoms with Gasteiger partial charge in [-0.25, -0.2) is 4.39 Å². The van der Waals surface area contributed by atoms with Crippen molar-refractivity contribution in [2.75, 3.05) is 0 Å². The molecule has 20 heavy (non-hydrogen) atoms. The predicted octanol–water partition coefficient (Wildman–Crippen LogP) is 5.09. The van der Waals surface area contributed by atoms with Crippen molar-refractivity contribution in [1.82, 2.24) is 0 Å². The molecule has 2 N–H and O–H groups in total. The van der Waals surface area contributed by atoms with Crippen LogP contribution in [0.15, 0.2) is 18.2 Å². The van der Waals surface area contributed by atoms with Crippen LogP contribution in [0.5, 0.6) is 0 Å². The lowest BCUT2D eigenvalue weighted by Gasteiger charge is -2.41. The topological polar surface area (TPSA) is 26.0 Å². The third-order valence-corrected chi connectivity index (χ3v) is 5.64. The molecule has 4 atom stereocenters. The second-order valence-electron chi connectivity index (χ2n) is 6.57. The molecule has 3 heteroatoms. The molecule has 1 aromatic rings. The van der Waals surface area contributed by atoms with Crippen molar-refractivity contribution < 1.29 is 4.39 Å². The highest BCUT2D eigenvalue weighted by atomic mass is 35.5. The molecular weight excluding hydrogens is 273 g/mol. The van der Waals surface area contributed by atoms with Gasteiger partial charge in [0, 0.05) is 16.6 Å². The fourth-order valence-electron chi connectivity index (χ4n) is 4.26. The third-order valence-electron chi connectivity index (χ3n) is 5.41. The van der Waals surface area contributed by atoms with E-state index in [1.807, 2.05) is 0 Å². The third kappa shape index (κ3) is 2.87. The lowest BCUT2D eigenvalue weighted by Crippen LogP contribution is -2.33. The maximum atomic E-state index is 14.0. The molecule has 1 nitrogen and oxygen atoms in total. The van der Waals surface area contributed by atoms with Crippen LogP contribution < -0.4 is 5.73 Å². The SMILES string of the molecule is NC(c1ccc(Cl)cc1F)C1CCC2CCCCC2C1. The normalized spacial score (nSPS) is 31.6. The molecule has 4 unspecified atom stereocenters. The van der Waals surface area contributed by atoms with E-state index >= 15 is 0 Å². The van der Waals surface area contributed by atoms with Crippen LogP contribution in [0, 0.1) is 23.6 Å². The van der Waals surface area contributed by atoms with Crippen LogP contribution >= 0.6 is 11.6 Å². The van der Waals surface area contributed by atoms with Crippen molar-refractivity contribution in [1.29, 1.82) is 0 Å². The molecule has 2 saturated carbocycles. The van der Waals surface area contributed by atoms with Crippen LogP contribution in [0.3, 0.4) is 0 Å². The fourth-order valence-corrected chi connectivity index (χ4v) is 4.42. The second kappa shape index (κ2) is 6.03. The number of hydrogen-bond donors (Lipinski definition) is 1. The Balaban J connectivity index is 1.72. The van der Waals surface area contributed by atoms with E-state index in [2.05, 4.69) is 0 Å². The summed E-state index contributed by atoms with van der Waals surface area (Å²) in [5, 5.41) is 0.439. The van der Waals surface area contributed by atoms with Gasteiger partial charge >= 0.3 is 0 Å². The fraction of sp³-hybridized carbons (Fsp3) is 0.647. The van der Waals surface area contributed by atoms with Gasteiger partial charge in [0.15, 0.2) is 0 Å². The number of hydrogen-bond acceptors (Lipinski definition) is 1. The summed E-state index contributed by atoms with van der Waals surface area (Å²) in [5.74, 6) is 1.90. The maximum absolute atomic E-state index is 14.0. The molecule has 0 spiro atoms. The quantitative estimate of drug-likeness (QED) is 0.808. The Kier molecular flexibility index (Phi) is 4.32. The molecule has 110 valence electrons. The molecule has 3 rings (SSSR count). The summed E-state index contributed by atoms with van der Waals surface area (Å²) in [6.45, 7) is 0. The van der Waals surface area contributed by atoms with Gasteiger partial charge in [0.2, 0.25) is 0 Å². The zero-order valence-corrected chi connectivity index (χ0v) is 12.6. The molecule has 1 aromatic carbocycles. The summed E-state index contributed by atoms with van der Waals surface area (Å²) in [7, 11) is 0. The minimum absolute atomic E-state index is 0.185. The summed E-state index contributed by atoms with van der Waals surface area (Å²) in [5.41, 5.74) is 6.99. The Morgan fingerprint density at radius 3 is 2.60 bits per heavy atom. The van der Waals surface area contributed by atoms with Crippen LogP contribution in [-0.2, 0) is 0 Å². The van der Waals surface area contributed by atoms with E-state index in [1.54, 1.807) is 12.1 Å². The monoisotopic (exact) mass is 295 g/mol. The number of benzene rings is 1. The van der Waals surface area contributed by atoms with Gasteiger partial charge in [-0.1, -0.05) is 43.4 Å². The van der Waals surface area contributed by atoms with Crippen molar-refractivity contribution in [3.05, 3.63) is 34.6 Å². The Bertz CT molecular complexity index is 476. The molecule has 0 amide bonds. The van der Waals surface area contributed by atoms with Crippen molar-refractivity contribution in [3.8, 4) is 0 Å². The van der Waals surface area contributed by atoms with Crippen LogP contribution in [0.4, 0.5) is 4.39 Å². The van der Waals surface area contributed by atoms with Crippen molar-refractivity contribution >= 4 is 11.6 Å². The van der Waals surface area contributed by atoms with E-state index in [9.17, 15) is 4.39 Å².